The fraction of sp³-hybridized carbons (Fsp3) is 0.143. The highest BCUT2D eigenvalue weighted by molar-refractivity contribution is 5.96. The van der Waals surface area contributed by atoms with E-state index in [1.807, 2.05) is 0 Å². The van der Waals surface area contributed by atoms with Gasteiger partial charge >= 0.3 is 11.9 Å². The van der Waals surface area contributed by atoms with Gasteiger partial charge in [0.1, 0.15) is 34.0 Å². The quantitative estimate of drug-likeness (QED) is 0.152. The molecular formula is C28H24N8O8. The lowest BCUT2D eigenvalue weighted by Gasteiger charge is -2.27. The number of aromatic carboxylic acids is 2. The Labute approximate surface area is 248 Å². The molecule has 1 amide bonds. The van der Waals surface area contributed by atoms with Gasteiger partial charge in [-0.25, -0.2) is 24.8 Å². The van der Waals surface area contributed by atoms with Crippen molar-refractivity contribution >= 4 is 29.2 Å². The molecule has 1 saturated heterocycles. The van der Waals surface area contributed by atoms with Crippen LogP contribution in [0.15, 0.2) is 66.0 Å². The highest BCUT2D eigenvalue weighted by atomic mass is 16.5. The second kappa shape index (κ2) is 12.4. The number of hydrogen-bond acceptors (Lipinski definition) is 12. The topological polar surface area (TPSA) is 236 Å². The zero-order valence-corrected chi connectivity index (χ0v) is 22.7. The molecule has 0 aliphatic carbocycles. The second-order valence-electron chi connectivity index (χ2n) is 9.41. The molecule has 0 radical (unpaired) electrons. The number of carbonyl (C=O) groups excluding carboxylic acids is 1. The van der Waals surface area contributed by atoms with Crippen molar-refractivity contribution in [3.8, 4) is 28.6 Å². The number of nitrogens with one attached hydrogen (secondary N) is 2. The Kier molecular flexibility index (Phi) is 8.25. The van der Waals surface area contributed by atoms with Crippen molar-refractivity contribution in [2.75, 3.05) is 31.6 Å². The first-order valence-corrected chi connectivity index (χ1v) is 12.9. The molecule has 3 heterocycles. The van der Waals surface area contributed by atoms with Crippen molar-refractivity contribution in [3.05, 3.63) is 83.3 Å². The van der Waals surface area contributed by atoms with Crippen LogP contribution in [0.3, 0.4) is 0 Å². The van der Waals surface area contributed by atoms with Crippen molar-refractivity contribution in [2.24, 2.45) is 5.11 Å². The van der Waals surface area contributed by atoms with Crippen molar-refractivity contribution in [3.63, 3.8) is 0 Å². The summed E-state index contributed by atoms with van der Waals surface area (Å²) >= 11 is 0. The zero-order valence-electron chi connectivity index (χ0n) is 22.7. The fourth-order valence-electron chi connectivity index (χ4n) is 4.33. The molecule has 16 nitrogen and oxygen atoms in total. The Bertz CT molecular complexity index is 1810. The van der Waals surface area contributed by atoms with Crippen LogP contribution < -0.4 is 5.32 Å². The Morgan fingerprint density at radius 3 is 2.25 bits per heavy atom. The van der Waals surface area contributed by atoms with E-state index in [9.17, 15) is 29.7 Å². The normalized spacial score (nSPS) is 13.4. The van der Waals surface area contributed by atoms with Crippen LogP contribution >= 0.6 is 0 Å². The van der Waals surface area contributed by atoms with Crippen LogP contribution in [0.1, 0.15) is 36.8 Å². The van der Waals surface area contributed by atoms with Crippen LogP contribution in [0.2, 0.25) is 0 Å². The second-order valence-corrected chi connectivity index (χ2v) is 9.41. The van der Waals surface area contributed by atoms with Crippen molar-refractivity contribution in [2.45, 2.75) is 0 Å². The summed E-state index contributed by atoms with van der Waals surface area (Å²) in [6, 6.07) is 10.7. The summed E-state index contributed by atoms with van der Waals surface area (Å²) in [5.74, 6) is -3.83. The number of carboxylic acid groups (broad SMARTS) is 2. The average Bonchev–Trinajstić information content (AvgIpc) is 3.51. The summed E-state index contributed by atoms with van der Waals surface area (Å²) in [7, 11) is 0. The van der Waals surface area contributed by atoms with E-state index in [1.165, 1.54) is 65.6 Å². The first kappa shape index (κ1) is 29.3. The van der Waals surface area contributed by atoms with Crippen LogP contribution in [0.25, 0.3) is 22.8 Å². The number of hydrogen-bond donors (Lipinski definition) is 6. The van der Waals surface area contributed by atoms with Gasteiger partial charge in [-0.15, -0.1) is 5.10 Å². The van der Waals surface area contributed by atoms with Gasteiger partial charge in [0.05, 0.1) is 36.5 Å². The van der Waals surface area contributed by atoms with Crippen LogP contribution in [-0.2, 0) is 4.74 Å². The standard InChI is InChI=1S/C28H24N8O8/c29-32-22(13-30-16-1-3-18(27(40)41)24(37)11-16)20-9-15(26(39)35-5-7-44-8-6-35)10-21(31-20)23-14-36(34-33-23)17-2-4-19(28(42)43)25(38)12-17/h1-4,9-14,29-30,37-38H,5-8H2,(H,40,41)(H,42,43)/b22-13-,32-29?. The SMILES string of the molecule is N=N/C(=C\Nc1ccc(C(=O)O)c(O)c1)c1cc(C(=O)N2CCOCC2)cc(-c2cn(-c3ccc(C(=O)O)c(O)c3)nn2)n1. The predicted molar refractivity (Wildman–Crippen MR) is 152 cm³/mol. The number of aromatic nitrogens is 4. The van der Waals surface area contributed by atoms with E-state index < -0.39 is 23.4 Å². The number of carboxylic acids is 2. The van der Waals surface area contributed by atoms with Gasteiger partial charge in [-0.05, 0) is 36.4 Å². The predicted octanol–water partition coefficient (Wildman–Crippen LogP) is 3.05. The van der Waals surface area contributed by atoms with Crippen LogP contribution in [0.5, 0.6) is 11.5 Å². The number of aromatic hydroxyl groups is 2. The number of amides is 1. The molecule has 0 spiro atoms. The summed E-state index contributed by atoms with van der Waals surface area (Å²) in [6.07, 6.45) is 2.78. The Balaban J connectivity index is 1.52. The molecule has 1 aliphatic heterocycles. The Morgan fingerprint density at radius 2 is 1.61 bits per heavy atom. The molecular weight excluding hydrogens is 576 g/mol. The van der Waals surface area contributed by atoms with E-state index in [0.717, 1.165) is 0 Å². The fourth-order valence-corrected chi connectivity index (χ4v) is 4.33. The highest BCUT2D eigenvalue weighted by Crippen LogP contribution is 2.27. The number of morpholine rings is 1. The first-order valence-electron chi connectivity index (χ1n) is 12.9. The molecule has 0 unspecified atom stereocenters. The van der Waals surface area contributed by atoms with Gasteiger partial charge in [-0.2, -0.15) is 5.11 Å². The third-order valence-electron chi connectivity index (χ3n) is 6.59. The Hall–Kier alpha value is -6.16. The molecule has 6 N–H and O–H groups in total. The number of carbonyl (C=O) groups is 3. The van der Waals surface area contributed by atoms with E-state index in [1.54, 1.807) is 4.90 Å². The van der Waals surface area contributed by atoms with E-state index in [4.69, 9.17) is 15.4 Å². The van der Waals surface area contributed by atoms with Crippen molar-refractivity contribution < 1.29 is 39.5 Å². The largest absolute Gasteiger partial charge is 0.507 e. The molecule has 5 rings (SSSR count). The third kappa shape index (κ3) is 6.19. The minimum absolute atomic E-state index is 0.00810. The van der Waals surface area contributed by atoms with Crippen LogP contribution in [0, 0.1) is 5.53 Å². The lowest BCUT2D eigenvalue weighted by Crippen LogP contribution is -2.40. The first-order chi connectivity index (χ1) is 21.1. The highest BCUT2D eigenvalue weighted by Gasteiger charge is 2.22. The minimum atomic E-state index is -1.30. The molecule has 2 aromatic carbocycles. The monoisotopic (exact) mass is 600 g/mol. The minimum Gasteiger partial charge on any atom is -0.507 e. The number of benzene rings is 2. The van der Waals surface area contributed by atoms with Gasteiger partial charge in [0.15, 0.2) is 0 Å². The maximum Gasteiger partial charge on any atom is 0.339 e. The molecule has 1 fully saturated rings. The smallest absolute Gasteiger partial charge is 0.339 e. The molecule has 0 bridgehead atoms. The molecule has 224 valence electrons. The van der Waals surface area contributed by atoms with Crippen LogP contribution in [0.4, 0.5) is 5.69 Å². The molecule has 44 heavy (non-hydrogen) atoms. The maximum atomic E-state index is 13.4. The number of phenols is 2. The van der Waals surface area contributed by atoms with E-state index >= 15 is 0 Å². The molecule has 2 aromatic heterocycles. The van der Waals surface area contributed by atoms with Crippen LogP contribution in [-0.4, -0.2) is 89.5 Å². The molecule has 4 aromatic rings. The number of rotatable bonds is 9. The summed E-state index contributed by atoms with van der Waals surface area (Å²) < 4.78 is 6.64. The van der Waals surface area contributed by atoms with Crippen molar-refractivity contribution in [1.82, 2.24) is 24.9 Å². The van der Waals surface area contributed by atoms with Crippen molar-refractivity contribution in [1.29, 1.82) is 5.53 Å². The van der Waals surface area contributed by atoms with Gasteiger partial charge in [0.2, 0.25) is 0 Å². The van der Waals surface area contributed by atoms with E-state index in [0.29, 0.717) is 37.7 Å². The Morgan fingerprint density at radius 1 is 0.932 bits per heavy atom. The van der Waals surface area contributed by atoms with E-state index in [-0.39, 0.29) is 45.4 Å². The van der Waals surface area contributed by atoms with Gasteiger partial charge in [-0.1, -0.05) is 5.21 Å². The van der Waals surface area contributed by atoms with Gasteiger partial charge in [-0.3, -0.25) is 4.79 Å². The maximum absolute atomic E-state index is 13.4. The molecule has 1 aliphatic rings. The summed E-state index contributed by atoms with van der Waals surface area (Å²) in [4.78, 5) is 42.0. The van der Waals surface area contributed by atoms with Gasteiger partial charge in [0.25, 0.3) is 5.91 Å². The molecule has 0 atom stereocenters. The van der Waals surface area contributed by atoms with E-state index in [2.05, 4.69) is 25.7 Å². The summed E-state index contributed by atoms with van der Waals surface area (Å²) in [6.45, 7) is 1.51. The van der Waals surface area contributed by atoms with Gasteiger partial charge in [0, 0.05) is 42.7 Å². The molecule has 0 saturated carbocycles. The van der Waals surface area contributed by atoms with Gasteiger partial charge < -0.3 is 35.4 Å². The molecule has 16 heteroatoms. The number of pyridine rings is 1. The summed E-state index contributed by atoms with van der Waals surface area (Å²) in [5, 5.41) is 53.0. The summed E-state index contributed by atoms with van der Waals surface area (Å²) in [5.41, 5.74) is 8.57. The third-order valence-corrected chi connectivity index (χ3v) is 6.59. The lowest BCUT2D eigenvalue weighted by atomic mass is 10.1. The number of anilines is 1. The average molecular weight is 601 g/mol. The number of nitrogens with zero attached hydrogens (tertiary/aromatic N) is 6. The number of ether oxygens (including phenoxy) is 1. The lowest BCUT2D eigenvalue weighted by molar-refractivity contribution is 0.0302. The zero-order chi connectivity index (χ0) is 31.4.